The predicted octanol–water partition coefficient (Wildman–Crippen LogP) is 0.0229. The van der Waals surface area contributed by atoms with Gasteiger partial charge in [-0.1, -0.05) is 0 Å². The maximum atomic E-state index is 8.97. The van der Waals surface area contributed by atoms with E-state index in [0.29, 0.717) is 0 Å². The highest BCUT2D eigenvalue weighted by molar-refractivity contribution is 6.06. The third-order valence-corrected chi connectivity index (χ3v) is 0. The molecule has 1 nitrogen and oxygen atoms in total. The molecule has 0 amide bonds. The zero-order valence-corrected chi connectivity index (χ0v) is 5.92. The molecule has 0 aromatic rings. The Morgan fingerprint density at radius 3 is 1.80 bits per heavy atom. The molecule has 0 unspecified atom stereocenters. The molecule has 0 aliphatic rings. The van der Waals surface area contributed by atoms with Gasteiger partial charge in [-0.05, 0) is 0 Å². The van der Waals surface area contributed by atoms with Crippen LogP contribution >= 0.6 is 12.0 Å². The molecule has 0 bridgehead atoms. The van der Waals surface area contributed by atoms with Gasteiger partial charge < -0.3 is 4.43 Å². The van der Waals surface area contributed by atoms with Crippen molar-refractivity contribution >= 4 is 22.5 Å². The van der Waals surface area contributed by atoms with E-state index in [4.69, 9.17) is 3.98 Å². The number of hydrogen-bond donors (Lipinski definition) is 0. The van der Waals surface area contributed by atoms with Crippen molar-refractivity contribution in [2.45, 2.75) is 0 Å². The Labute approximate surface area is 38.9 Å². The van der Waals surface area contributed by atoms with Crippen molar-refractivity contribution in [3.63, 3.8) is 0 Å². The van der Waals surface area contributed by atoms with Gasteiger partial charge in [-0.25, -0.2) is 0 Å². The van der Waals surface area contributed by atoms with Crippen molar-refractivity contribution in [1.29, 1.82) is 0 Å². The molecule has 0 fully saturated rings. The highest BCUT2D eigenvalue weighted by atomic mass is 35.5. The molecule has 0 atom stereocenters. The van der Waals surface area contributed by atoms with Gasteiger partial charge in [-0.15, -0.1) is 3.98 Å². The highest BCUT2D eigenvalue weighted by Crippen LogP contribution is 1.56. The Morgan fingerprint density at radius 2 is 1.80 bits per heavy atom. The summed E-state index contributed by atoms with van der Waals surface area (Å²) < 4.78 is 13.4. The molecular formula is CH6ClFOSi. The summed E-state index contributed by atoms with van der Waals surface area (Å²) in [5.41, 5.74) is 0. The van der Waals surface area contributed by atoms with Crippen LogP contribution in [0.4, 0.5) is 3.98 Å². The average Bonchev–Trinajstić information content (AvgIpc) is 1.46. The van der Waals surface area contributed by atoms with Gasteiger partial charge in [0.25, 0.3) is 0 Å². The molecule has 5 heavy (non-hydrogen) atoms. The topological polar surface area (TPSA) is 9.23 Å². The van der Waals surface area contributed by atoms with Crippen LogP contribution in [0.3, 0.4) is 0 Å². The molecule has 0 aromatic heterocycles. The maximum absolute atomic E-state index is 8.97. The maximum Gasteiger partial charge on any atom is 0.145 e. The van der Waals surface area contributed by atoms with Crippen molar-refractivity contribution in [1.82, 2.24) is 0 Å². The Morgan fingerprint density at radius 1 is 1.80 bits per heavy atom. The first-order valence-corrected chi connectivity index (χ1v) is 2.06. The minimum Gasteiger partial charge on any atom is -0.431 e. The quantitative estimate of drug-likeness (QED) is 0.406. The molecule has 0 N–H and O–H groups in total. The Bertz CT molecular complexity index is 11.6. The van der Waals surface area contributed by atoms with Gasteiger partial charge in [0.15, 0.2) is 0 Å². The average molecular weight is 117 g/mol. The van der Waals surface area contributed by atoms with Gasteiger partial charge in [-0.3, -0.25) is 0 Å². The van der Waals surface area contributed by atoms with E-state index in [1.807, 2.05) is 0 Å². The van der Waals surface area contributed by atoms with Crippen LogP contribution in [0.2, 0.25) is 0 Å². The monoisotopic (exact) mass is 116 g/mol. The van der Waals surface area contributed by atoms with E-state index in [0.717, 1.165) is 10.5 Å². The predicted molar refractivity (Wildman–Crippen MR) is 23.9 cm³/mol. The summed E-state index contributed by atoms with van der Waals surface area (Å²) in [4.78, 5) is 0. The second-order valence-corrected chi connectivity index (χ2v) is 1.22. The first-order chi connectivity index (χ1) is 2.41. The molecule has 0 rings (SSSR count). The fourth-order valence-corrected chi connectivity index (χ4v) is 0. The summed E-state index contributed by atoms with van der Waals surface area (Å²) in [6.07, 6.45) is 0. The van der Waals surface area contributed by atoms with E-state index in [2.05, 4.69) is 16.4 Å². The molecule has 0 saturated heterocycles. The third-order valence-electron chi connectivity index (χ3n) is 0. The Kier molecular flexibility index (Phi) is 47.0. The van der Waals surface area contributed by atoms with Gasteiger partial charge in [0.2, 0.25) is 0 Å². The van der Waals surface area contributed by atoms with E-state index < -0.39 is 0 Å². The van der Waals surface area contributed by atoms with Crippen molar-refractivity contribution in [2.24, 2.45) is 0 Å². The summed E-state index contributed by atoms with van der Waals surface area (Å²) in [5.74, 6) is 0. The molecule has 0 aliphatic heterocycles. The lowest BCUT2D eigenvalue weighted by Crippen LogP contribution is -1.60. The summed E-state index contributed by atoms with van der Waals surface area (Å²) in [5, 5.41) is 0. The standard InChI is InChI=1S/CH6OSi.ClF/c1-2-3;1-2/h1,3H3;. The molecule has 0 radical (unpaired) electrons. The fraction of sp³-hybridized carbons (Fsp3) is 1.00. The van der Waals surface area contributed by atoms with Gasteiger partial charge in [-0.2, -0.15) is 0 Å². The van der Waals surface area contributed by atoms with Crippen LogP contribution in [0.25, 0.3) is 0 Å². The van der Waals surface area contributed by atoms with Gasteiger partial charge in [0.1, 0.15) is 22.5 Å². The third kappa shape index (κ3) is 160. The van der Waals surface area contributed by atoms with Crippen molar-refractivity contribution in [2.75, 3.05) is 7.11 Å². The molecule has 0 aliphatic carbocycles. The molecule has 0 heterocycles. The number of halogens is 2. The van der Waals surface area contributed by atoms with Crippen LogP contribution in [-0.4, -0.2) is 17.6 Å². The second-order valence-electron chi connectivity index (χ2n) is 0.408. The Balaban J connectivity index is 0. The lowest BCUT2D eigenvalue weighted by molar-refractivity contribution is 0.460. The van der Waals surface area contributed by atoms with E-state index in [-0.39, 0.29) is 0 Å². The largest absolute Gasteiger partial charge is 0.431 e. The molecule has 4 heteroatoms. The number of hydrogen-bond acceptors (Lipinski definition) is 1. The fourth-order valence-electron chi connectivity index (χ4n) is 0. The highest BCUT2D eigenvalue weighted by Gasteiger charge is 1.27. The smallest absolute Gasteiger partial charge is 0.145 e. The zero-order valence-electron chi connectivity index (χ0n) is 3.16. The van der Waals surface area contributed by atoms with Crippen molar-refractivity contribution < 1.29 is 8.41 Å². The SMILES string of the molecule is CO[SiH3].FCl. The molecule has 0 aromatic carbocycles. The zero-order chi connectivity index (χ0) is 4.71. The van der Waals surface area contributed by atoms with Crippen molar-refractivity contribution in [3.05, 3.63) is 0 Å². The number of rotatable bonds is 0. The first kappa shape index (κ1) is 9.04. The van der Waals surface area contributed by atoms with Crippen LogP contribution < -0.4 is 0 Å². The van der Waals surface area contributed by atoms with Crippen LogP contribution in [-0.2, 0) is 4.43 Å². The van der Waals surface area contributed by atoms with E-state index in [1.165, 1.54) is 0 Å². The van der Waals surface area contributed by atoms with Crippen molar-refractivity contribution in [3.8, 4) is 0 Å². The molecule has 0 spiro atoms. The molecule has 34 valence electrons. The van der Waals surface area contributed by atoms with Gasteiger partial charge in [0, 0.05) is 7.11 Å². The van der Waals surface area contributed by atoms with Crippen LogP contribution in [0.5, 0.6) is 0 Å². The summed E-state index contributed by atoms with van der Waals surface area (Å²) in [6, 6.07) is 0. The van der Waals surface area contributed by atoms with Gasteiger partial charge >= 0.3 is 0 Å². The lowest BCUT2D eigenvalue weighted by Gasteiger charge is -1.61. The van der Waals surface area contributed by atoms with Crippen LogP contribution in [0, 0.1) is 0 Å². The normalized spacial score (nSPS) is 5.40. The van der Waals surface area contributed by atoms with E-state index in [1.54, 1.807) is 7.11 Å². The summed E-state index contributed by atoms with van der Waals surface area (Å²) in [7, 11) is 2.56. The summed E-state index contributed by atoms with van der Waals surface area (Å²) in [6.45, 7) is 0. The molecular weight excluding hydrogens is 111 g/mol. The first-order valence-electron chi connectivity index (χ1n) is 0.959. The minimum atomic E-state index is 0.869. The van der Waals surface area contributed by atoms with Crippen LogP contribution in [0.1, 0.15) is 0 Å². The lowest BCUT2D eigenvalue weighted by atomic mass is 11.8. The summed E-state index contributed by atoms with van der Waals surface area (Å²) >= 11 is 3.14. The van der Waals surface area contributed by atoms with Gasteiger partial charge in [0.05, 0.1) is 0 Å². The van der Waals surface area contributed by atoms with E-state index in [9.17, 15) is 0 Å². The van der Waals surface area contributed by atoms with E-state index >= 15 is 0 Å². The minimum absolute atomic E-state index is 0.869. The Hall–Kier alpha value is 0.397. The molecule has 0 saturated carbocycles. The van der Waals surface area contributed by atoms with Crippen LogP contribution in [0.15, 0.2) is 0 Å². The second kappa shape index (κ2) is 26.0.